The van der Waals surface area contributed by atoms with E-state index in [-0.39, 0.29) is 5.91 Å². The van der Waals surface area contributed by atoms with Crippen molar-refractivity contribution >= 4 is 11.6 Å². The molecular weight excluding hydrogens is 236 g/mol. The van der Waals surface area contributed by atoms with Crippen molar-refractivity contribution < 1.29 is 4.79 Å². The molecule has 1 heterocycles. The summed E-state index contributed by atoms with van der Waals surface area (Å²) in [6.45, 7) is 9.82. The molecule has 0 atom stereocenters. The van der Waals surface area contributed by atoms with Crippen LogP contribution in [0.15, 0.2) is 18.2 Å². The van der Waals surface area contributed by atoms with Crippen LogP contribution in [-0.2, 0) is 4.79 Å². The van der Waals surface area contributed by atoms with E-state index in [9.17, 15) is 4.79 Å². The first-order chi connectivity index (χ1) is 8.90. The highest BCUT2D eigenvalue weighted by Crippen LogP contribution is 2.23. The van der Waals surface area contributed by atoms with Crippen molar-refractivity contribution in [2.24, 2.45) is 0 Å². The zero-order valence-corrected chi connectivity index (χ0v) is 12.4. The summed E-state index contributed by atoms with van der Waals surface area (Å²) < 4.78 is 0. The highest BCUT2D eigenvalue weighted by Gasteiger charge is 2.33. The maximum atomic E-state index is 12.7. The van der Waals surface area contributed by atoms with Gasteiger partial charge in [-0.05, 0) is 70.3 Å². The standard InChI is InChI=1S/C16H24N2O/c1-12-9-13(2)11-14(10-12)18-8-6-5-7-17-16(3,4)15(18)19/h9-11,17H,5-8H2,1-4H3. The van der Waals surface area contributed by atoms with Crippen LogP contribution in [0.3, 0.4) is 0 Å². The Morgan fingerprint density at radius 2 is 1.74 bits per heavy atom. The van der Waals surface area contributed by atoms with E-state index in [1.807, 2.05) is 18.7 Å². The monoisotopic (exact) mass is 260 g/mol. The van der Waals surface area contributed by atoms with Gasteiger partial charge in [-0.2, -0.15) is 0 Å². The normalized spacial score (nSPS) is 20.0. The SMILES string of the molecule is Cc1cc(C)cc(N2CCCCNC(C)(C)C2=O)c1. The third kappa shape index (κ3) is 3.16. The number of hydrogen-bond donors (Lipinski definition) is 1. The van der Waals surface area contributed by atoms with E-state index in [0.29, 0.717) is 0 Å². The maximum absolute atomic E-state index is 12.7. The molecule has 0 aromatic heterocycles. The third-order valence-electron chi connectivity index (χ3n) is 3.67. The minimum atomic E-state index is -0.488. The lowest BCUT2D eigenvalue weighted by atomic mass is 9.99. The summed E-state index contributed by atoms with van der Waals surface area (Å²) in [5, 5.41) is 3.35. The average Bonchev–Trinajstić information content (AvgIpc) is 2.30. The van der Waals surface area contributed by atoms with Crippen LogP contribution in [0.5, 0.6) is 0 Å². The number of nitrogens with one attached hydrogen (secondary N) is 1. The van der Waals surface area contributed by atoms with Crippen molar-refractivity contribution in [3.05, 3.63) is 29.3 Å². The molecule has 1 aromatic rings. The Morgan fingerprint density at radius 3 is 2.37 bits per heavy atom. The molecule has 1 aromatic carbocycles. The van der Waals surface area contributed by atoms with Gasteiger partial charge in [-0.25, -0.2) is 0 Å². The third-order valence-corrected chi connectivity index (χ3v) is 3.67. The molecule has 3 heteroatoms. The molecule has 0 unspecified atom stereocenters. The molecule has 1 amide bonds. The minimum Gasteiger partial charge on any atom is -0.311 e. The second-order valence-corrected chi connectivity index (χ2v) is 6.06. The van der Waals surface area contributed by atoms with E-state index in [2.05, 4.69) is 37.4 Å². The van der Waals surface area contributed by atoms with Gasteiger partial charge in [-0.3, -0.25) is 4.79 Å². The van der Waals surface area contributed by atoms with Crippen LogP contribution in [0, 0.1) is 13.8 Å². The Hall–Kier alpha value is -1.35. The summed E-state index contributed by atoms with van der Waals surface area (Å²) in [5.41, 5.74) is 2.95. The minimum absolute atomic E-state index is 0.164. The number of carbonyl (C=O) groups excluding carboxylic acids is 1. The maximum Gasteiger partial charge on any atom is 0.246 e. The Balaban J connectivity index is 2.36. The summed E-state index contributed by atoms with van der Waals surface area (Å²) in [6.07, 6.45) is 2.15. The van der Waals surface area contributed by atoms with Gasteiger partial charge >= 0.3 is 0 Å². The fraction of sp³-hybridized carbons (Fsp3) is 0.562. The van der Waals surface area contributed by atoms with Gasteiger partial charge in [0.25, 0.3) is 0 Å². The highest BCUT2D eigenvalue weighted by atomic mass is 16.2. The molecule has 0 spiro atoms. The van der Waals surface area contributed by atoms with E-state index in [1.165, 1.54) is 11.1 Å². The van der Waals surface area contributed by atoms with Crippen LogP contribution < -0.4 is 10.2 Å². The predicted molar refractivity (Wildman–Crippen MR) is 79.6 cm³/mol. The number of carbonyl (C=O) groups is 1. The number of anilines is 1. The van der Waals surface area contributed by atoms with E-state index in [0.717, 1.165) is 31.6 Å². The largest absolute Gasteiger partial charge is 0.311 e. The van der Waals surface area contributed by atoms with E-state index in [1.54, 1.807) is 0 Å². The van der Waals surface area contributed by atoms with E-state index >= 15 is 0 Å². The van der Waals surface area contributed by atoms with Crippen LogP contribution in [0.1, 0.15) is 37.8 Å². The van der Waals surface area contributed by atoms with Gasteiger partial charge in [0.1, 0.15) is 0 Å². The van der Waals surface area contributed by atoms with Gasteiger partial charge in [0, 0.05) is 12.2 Å². The van der Waals surface area contributed by atoms with Crippen LogP contribution in [0.4, 0.5) is 5.69 Å². The first kappa shape index (κ1) is 14.1. The molecule has 1 N–H and O–H groups in total. The first-order valence-corrected chi connectivity index (χ1v) is 7.05. The molecule has 1 saturated heterocycles. The topological polar surface area (TPSA) is 32.3 Å². The fourth-order valence-electron chi connectivity index (χ4n) is 2.66. The zero-order chi connectivity index (χ0) is 14.0. The molecule has 2 rings (SSSR count). The summed E-state index contributed by atoms with van der Waals surface area (Å²) in [6, 6.07) is 6.34. The number of rotatable bonds is 1. The van der Waals surface area contributed by atoms with Gasteiger partial charge < -0.3 is 10.2 Å². The highest BCUT2D eigenvalue weighted by molar-refractivity contribution is 5.99. The van der Waals surface area contributed by atoms with Crippen molar-refractivity contribution in [1.29, 1.82) is 0 Å². The number of aryl methyl sites for hydroxylation is 2. The van der Waals surface area contributed by atoms with Crippen molar-refractivity contribution in [3.8, 4) is 0 Å². The quantitative estimate of drug-likeness (QED) is 0.842. The summed E-state index contributed by atoms with van der Waals surface area (Å²) in [4.78, 5) is 14.6. The molecule has 0 radical (unpaired) electrons. The molecule has 1 aliphatic heterocycles. The number of benzene rings is 1. The molecule has 0 bridgehead atoms. The molecule has 3 nitrogen and oxygen atoms in total. The Labute approximate surface area is 116 Å². The number of nitrogens with zero attached hydrogens (tertiary/aromatic N) is 1. The number of hydrogen-bond acceptors (Lipinski definition) is 2. The summed E-state index contributed by atoms with van der Waals surface area (Å²) in [5.74, 6) is 0.164. The smallest absolute Gasteiger partial charge is 0.246 e. The lowest BCUT2D eigenvalue weighted by Crippen LogP contribution is -2.56. The van der Waals surface area contributed by atoms with Crippen LogP contribution in [0.25, 0.3) is 0 Å². The zero-order valence-electron chi connectivity index (χ0n) is 12.4. The van der Waals surface area contributed by atoms with Crippen LogP contribution >= 0.6 is 0 Å². The molecule has 1 aliphatic rings. The van der Waals surface area contributed by atoms with Crippen molar-refractivity contribution in [2.75, 3.05) is 18.0 Å². The molecule has 0 aliphatic carbocycles. The van der Waals surface area contributed by atoms with Crippen LogP contribution in [-0.4, -0.2) is 24.5 Å². The van der Waals surface area contributed by atoms with Gasteiger partial charge in [-0.1, -0.05) is 6.07 Å². The van der Waals surface area contributed by atoms with Gasteiger partial charge in [0.05, 0.1) is 5.54 Å². The van der Waals surface area contributed by atoms with Crippen molar-refractivity contribution in [3.63, 3.8) is 0 Å². The van der Waals surface area contributed by atoms with E-state index in [4.69, 9.17) is 0 Å². The van der Waals surface area contributed by atoms with Gasteiger partial charge in [0.15, 0.2) is 0 Å². The average molecular weight is 260 g/mol. The Morgan fingerprint density at radius 1 is 1.11 bits per heavy atom. The predicted octanol–water partition coefficient (Wildman–Crippen LogP) is 2.80. The molecule has 0 saturated carbocycles. The molecular formula is C16H24N2O. The van der Waals surface area contributed by atoms with Crippen LogP contribution in [0.2, 0.25) is 0 Å². The second kappa shape index (κ2) is 5.33. The summed E-state index contributed by atoms with van der Waals surface area (Å²) in [7, 11) is 0. The van der Waals surface area contributed by atoms with Gasteiger partial charge in [0.2, 0.25) is 5.91 Å². The van der Waals surface area contributed by atoms with Crippen molar-refractivity contribution in [1.82, 2.24) is 5.32 Å². The fourth-order valence-corrected chi connectivity index (χ4v) is 2.66. The first-order valence-electron chi connectivity index (χ1n) is 7.05. The van der Waals surface area contributed by atoms with Crippen molar-refractivity contribution in [2.45, 2.75) is 46.1 Å². The second-order valence-electron chi connectivity index (χ2n) is 6.06. The Bertz CT molecular complexity index is 459. The lowest BCUT2D eigenvalue weighted by Gasteiger charge is -2.35. The van der Waals surface area contributed by atoms with E-state index < -0.39 is 5.54 Å². The molecule has 19 heavy (non-hydrogen) atoms. The molecule has 104 valence electrons. The lowest BCUT2D eigenvalue weighted by molar-refractivity contribution is -0.124. The molecule has 1 fully saturated rings. The number of amides is 1. The Kier molecular flexibility index (Phi) is 3.95. The summed E-state index contributed by atoms with van der Waals surface area (Å²) >= 11 is 0. The van der Waals surface area contributed by atoms with Gasteiger partial charge in [-0.15, -0.1) is 0 Å².